The fraction of sp³-hybridized carbons (Fsp3) is 0.241. The van der Waals surface area contributed by atoms with E-state index in [4.69, 9.17) is 9.68 Å². The van der Waals surface area contributed by atoms with Crippen molar-refractivity contribution in [2.24, 2.45) is 0 Å². The lowest BCUT2D eigenvalue weighted by molar-refractivity contribution is -0.134. The molecule has 2 aromatic carbocycles. The summed E-state index contributed by atoms with van der Waals surface area (Å²) in [6.07, 6.45) is -6.37. The fourth-order valence-electron chi connectivity index (χ4n) is 4.22. The molecule has 0 aliphatic rings. The van der Waals surface area contributed by atoms with E-state index >= 15 is 0 Å². The monoisotopic (exact) mass is 588 g/mol. The number of rotatable bonds is 9. The first-order valence-corrected chi connectivity index (χ1v) is 12.4. The van der Waals surface area contributed by atoms with Crippen molar-refractivity contribution in [2.75, 3.05) is 20.4 Å². The van der Waals surface area contributed by atoms with E-state index in [1.165, 1.54) is 55.6 Å². The number of furan rings is 1. The van der Waals surface area contributed by atoms with Crippen LogP contribution in [0.1, 0.15) is 32.8 Å². The second-order valence-corrected chi connectivity index (χ2v) is 9.34. The Balaban J connectivity index is 1.91. The lowest BCUT2D eigenvalue weighted by Crippen LogP contribution is -2.51. The summed E-state index contributed by atoms with van der Waals surface area (Å²) in [7, 11) is 1.36. The molecule has 0 saturated carbocycles. The van der Waals surface area contributed by atoms with Gasteiger partial charge >= 0.3 is 6.18 Å². The highest BCUT2D eigenvalue weighted by Crippen LogP contribution is 2.37. The first-order chi connectivity index (χ1) is 19.9. The largest absolute Gasteiger partial charge is 0.437 e. The molecule has 0 bridgehead atoms. The van der Waals surface area contributed by atoms with E-state index in [0.29, 0.717) is 5.56 Å². The average Bonchev–Trinajstić information content (AvgIpc) is 3.36. The minimum Gasteiger partial charge on any atom is -0.437 e. The van der Waals surface area contributed by atoms with Crippen LogP contribution in [0.2, 0.25) is 0 Å². The Hall–Kier alpha value is -4.86. The Morgan fingerprint density at radius 2 is 1.69 bits per heavy atom. The molecule has 2 heterocycles. The van der Waals surface area contributed by atoms with Crippen molar-refractivity contribution in [1.82, 2.24) is 15.6 Å². The number of hydrogen-bond acceptors (Lipinski definition) is 5. The molecule has 0 radical (unpaired) electrons. The molecule has 4 aromatic rings. The van der Waals surface area contributed by atoms with Crippen molar-refractivity contribution in [3.63, 3.8) is 0 Å². The number of carbonyl (C=O) groups is 2. The van der Waals surface area contributed by atoms with Gasteiger partial charge in [0.1, 0.15) is 24.9 Å². The zero-order chi connectivity index (χ0) is 30.7. The number of halogens is 6. The number of aromatic nitrogens is 1. The lowest BCUT2D eigenvalue weighted by Gasteiger charge is -2.21. The van der Waals surface area contributed by atoms with Crippen LogP contribution >= 0.6 is 0 Å². The summed E-state index contributed by atoms with van der Waals surface area (Å²) in [6, 6.07) is 13.2. The van der Waals surface area contributed by atoms with Gasteiger partial charge < -0.3 is 15.1 Å². The second kappa shape index (κ2) is 11.9. The number of amides is 2. The zero-order valence-electron chi connectivity index (χ0n) is 21.9. The molecule has 42 heavy (non-hydrogen) atoms. The zero-order valence-corrected chi connectivity index (χ0v) is 21.9. The summed E-state index contributed by atoms with van der Waals surface area (Å²) in [6.45, 7) is -2.99. The number of nitrogens with one attached hydrogen (secondary N) is 2. The fourth-order valence-corrected chi connectivity index (χ4v) is 4.22. The van der Waals surface area contributed by atoms with Crippen LogP contribution in [0.15, 0.2) is 59.0 Å². The van der Waals surface area contributed by atoms with Gasteiger partial charge in [0, 0.05) is 30.2 Å². The minimum absolute atomic E-state index is 0.00572. The Bertz CT molecular complexity index is 1670. The molecule has 0 saturated heterocycles. The van der Waals surface area contributed by atoms with Crippen LogP contribution in [0.3, 0.4) is 0 Å². The Morgan fingerprint density at radius 3 is 2.29 bits per heavy atom. The van der Waals surface area contributed by atoms with E-state index in [-0.39, 0.29) is 44.8 Å². The molecule has 0 atom stereocenters. The third-order valence-corrected chi connectivity index (χ3v) is 6.43. The summed E-state index contributed by atoms with van der Waals surface area (Å²) in [5.41, 5.74) is -2.12. The Morgan fingerprint density at radius 1 is 1.00 bits per heavy atom. The summed E-state index contributed by atoms with van der Waals surface area (Å²) < 4.78 is 85.7. The van der Waals surface area contributed by atoms with Gasteiger partial charge in [-0.2, -0.15) is 18.4 Å². The topological polar surface area (TPSA) is 108 Å². The Kier molecular flexibility index (Phi) is 8.56. The van der Waals surface area contributed by atoms with Crippen LogP contribution in [-0.2, 0) is 6.42 Å². The number of alkyl halides is 5. The van der Waals surface area contributed by atoms with Gasteiger partial charge in [-0.1, -0.05) is 12.1 Å². The molecular formula is C29H22F6N4O3. The van der Waals surface area contributed by atoms with Gasteiger partial charge in [-0.05, 0) is 54.4 Å². The second-order valence-electron chi connectivity index (χ2n) is 9.34. The average molecular weight is 589 g/mol. The molecule has 0 unspecified atom stereocenters. The molecular weight excluding hydrogens is 566 g/mol. The van der Waals surface area contributed by atoms with Crippen molar-refractivity contribution >= 4 is 22.9 Å². The molecule has 0 fully saturated rings. The first kappa shape index (κ1) is 30.1. The standard InChI is InChI=1S/C29H22F6N4O3/c1-37-26(41)23-21-12-20(17-3-2-4-18(11-17)25(40)39-28(13-30,14-31)15-36)22(9-10-29(33,34)35)38-27(21)42-24(23)16-5-7-19(32)8-6-16/h2-8,11-12H,9-10,13-14H2,1H3,(H,37,41)(H,39,40). The lowest BCUT2D eigenvalue weighted by atomic mass is 9.96. The number of nitriles is 1. The van der Waals surface area contributed by atoms with E-state index in [0.717, 1.165) is 12.1 Å². The molecule has 0 aliphatic heterocycles. The molecule has 2 N–H and O–H groups in total. The highest BCUT2D eigenvalue weighted by Gasteiger charge is 2.33. The summed E-state index contributed by atoms with van der Waals surface area (Å²) in [4.78, 5) is 30.0. The highest BCUT2D eigenvalue weighted by molar-refractivity contribution is 6.11. The van der Waals surface area contributed by atoms with Crippen molar-refractivity contribution < 1.29 is 40.3 Å². The van der Waals surface area contributed by atoms with Gasteiger partial charge in [-0.25, -0.2) is 18.2 Å². The van der Waals surface area contributed by atoms with Gasteiger partial charge in [0.25, 0.3) is 11.8 Å². The van der Waals surface area contributed by atoms with Crippen LogP contribution in [0, 0.1) is 17.1 Å². The van der Waals surface area contributed by atoms with Crippen molar-refractivity contribution in [1.29, 1.82) is 5.26 Å². The molecule has 218 valence electrons. The van der Waals surface area contributed by atoms with Crippen molar-refractivity contribution in [3.8, 4) is 28.5 Å². The normalized spacial score (nSPS) is 11.8. The quantitative estimate of drug-likeness (QED) is 0.230. The van der Waals surface area contributed by atoms with Crippen molar-refractivity contribution in [3.05, 3.63) is 77.2 Å². The maximum Gasteiger partial charge on any atom is 0.389 e. The van der Waals surface area contributed by atoms with E-state index in [1.54, 1.807) is 0 Å². The number of carbonyl (C=O) groups excluding carboxylic acids is 2. The van der Waals surface area contributed by atoms with Crippen LogP contribution < -0.4 is 10.6 Å². The van der Waals surface area contributed by atoms with E-state index in [2.05, 4.69) is 10.3 Å². The predicted octanol–water partition coefficient (Wildman–Crippen LogP) is 6.09. The van der Waals surface area contributed by atoms with Gasteiger partial charge in [-0.15, -0.1) is 0 Å². The molecule has 7 nitrogen and oxygen atoms in total. The van der Waals surface area contributed by atoms with Gasteiger partial charge in [0.2, 0.25) is 5.71 Å². The summed E-state index contributed by atoms with van der Waals surface area (Å²) in [5.74, 6) is -2.14. The molecule has 2 amide bonds. The maximum atomic E-state index is 13.6. The third-order valence-electron chi connectivity index (χ3n) is 6.43. The van der Waals surface area contributed by atoms with Crippen LogP contribution in [0.25, 0.3) is 33.6 Å². The van der Waals surface area contributed by atoms with Crippen LogP contribution in [0.5, 0.6) is 0 Å². The third kappa shape index (κ3) is 6.22. The molecule has 2 aromatic heterocycles. The number of hydrogen-bond donors (Lipinski definition) is 2. The minimum atomic E-state index is -4.54. The Labute approximate surface area is 235 Å². The molecule has 0 spiro atoms. The van der Waals surface area contributed by atoms with E-state index in [1.807, 2.05) is 5.32 Å². The van der Waals surface area contributed by atoms with Crippen LogP contribution in [-0.4, -0.2) is 48.9 Å². The number of pyridine rings is 1. The number of nitrogens with zero attached hydrogens (tertiary/aromatic N) is 2. The summed E-state index contributed by atoms with van der Waals surface area (Å²) >= 11 is 0. The molecule has 0 aliphatic carbocycles. The smallest absolute Gasteiger partial charge is 0.389 e. The number of aryl methyl sites for hydroxylation is 1. The summed E-state index contributed by atoms with van der Waals surface area (Å²) in [5, 5.41) is 13.8. The van der Waals surface area contributed by atoms with Crippen LogP contribution in [0.4, 0.5) is 26.3 Å². The SMILES string of the molecule is CNC(=O)c1c(-c2ccc(F)cc2)oc2nc(CCC(F)(F)F)c(-c3cccc(C(=O)NC(C#N)(CF)CF)c3)cc12. The number of fused-ring (bicyclic) bond motifs is 1. The molecule has 13 heteroatoms. The molecule has 4 rings (SSSR count). The van der Waals surface area contributed by atoms with Gasteiger partial charge in [0.15, 0.2) is 5.54 Å². The van der Waals surface area contributed by atoms with Gasteiger partial charge in [-0.3, -0.25) is 9.59 Å². The maximum absolute atomic E-state index is 13.6. The number of benzene rings is 2. The van der Waals surface area contributed by atoms with E-state index in [9.17, 15) is 35.9 Å². The first-order valence-electron chi connectivity index (χ1n) is 12.4. The van der Waals surface area contributed by atoms with Crippen molar-refractivity contribution in [2.45, 2.75) is 24.6 Å². The van der Waals surface area contributed by atoms with E-state index < -0.39 is 55.5 Å². The van der Waals surface area contributed by atoms with Gasteiger partial charge in [0.05, 0.1) is 22.7 Å². The predicted molar refractivity (Wildman–Crippen MR) is 140 cm³/mol. The highest BCUT2D eigenvalue weighted by atomic mass is 19.4.